The fourth-order valence-corrected chi connectivity index (χ4v) is 1.66. The van der Waals surface area contributed by atoms with Crippen LogP contribution < -0.4 is 11.2 Å². The van der Waals surface area contributed by atoms with Crippen LogP contribution in [0.25, 0.3) is 6.08 Å². The number of ether oxygens (including phenoxy) is 1. The average Bonchev–Trinajstić information content (AvgIpc) is 2.52. The van der Waals surface area contributed by atoms with Gasteiger partial charge in [0.05, 0.1) is 6.21 Å². The van der Waals surface area contributed by atoms with Gasteiger partial charge in [-0.25, -0.2) is 0 Å². The van der Waals surface area contributed by atoms with Crippen molar-refractivity contribution in [2.24, 2.45) is 10.8 Å². The summed E-state index contributed by atoms with van der Waals surface area (Å²) >= 11 is 4.63. The van der Waals surface area contributed by atoms with Crippen LogP contribution in [0.4, 0.5) is 0 Å². The van der Waals surface area contributed by atoms with Gasteiger partial charge in [-0.05, 0) is 36.3 Å². The normalized spacial score (nSPS) is 11.7. The van der Waals surface area contributed by atoms with Gasteiger partial charge in [0, 0.05) is 12.0 Å². The van der Waals surface area contributed by atoms with E-state index >= 15 is 0 Å². The van der Waals surface area contributed by atoms with Crippen molar-refractivity contribution in [3.8, 4) is 0 Å². The van der Waals surface area contributed by atoms with Gasteiger partial charge in [0.1, 0.15) is 0 Å². The van der Waals surface area contributed by atoms with Crippen molar-refractivity contribution in [1.29, 1.82) is 0 Å². The topological polar surface area (TPSA) is 93.8 Å². The zero-order valence-electron chi connectivity index (χ0n) is 11.8. The maximum Gasteiger partial charge on any atom is 0.306 e. The van der Waals surface area contributed by atoms with Crippen LogP contribution >= 0.6 is 12.2 Å². The van der Waals surface area contributed by atoms with Crippen molar-refractivity contribution in [2.45, 2.75) is 12.5 Å². The predicted octanol–water partition coefficient (Wildman–Crippen LogP) is 1.77. The number of esters is 1. The second kappa shape index (κ2) is 8.68. The number of thiocarbonyl (C=S) groups is 1. The molecule has 1 aromatic carbocycles. The van der Waals surface area contributed by atoms with Crippen molar-refractivity contribution in [2.75, 3.05) is 0 Å². The number of hydrogen-bond donors (Lipinski definition) is 2. The van der Waals surface area contributed by atoms with Crippen molar-refractivity contribution >= 4 is 41.9 Å². The van der Waals surface area contributed by atoms with Crippen molar-refractivity contribution in [3.05, 3.63) is 48.4 Å². The van der Waals surface area contributed by atoms with Crippen LogP contribution in [-0.4, -0.2) is 23.6 Å². The lowest BCUT2D eigenvalue weighted by Gasteiger charge is -2.15. The monoisotopic (exact) mass is 318 g/mol. The Bertz CT molecular complexity index is 614. The molecule has 0 saturated carbocycles. The van der Waals surface area contributed by atoms with E-state index in [2.05, 4.69) is 36.2 Å². The molecule has 0 fully saturated rings. The van der Waals surface area contributed by atoms with Crippen LogP contribution in [0.2, 0.25) is 0 Å². The molecule has 1 unspecified atom stereocenters. The molecule has 0 aliphatic heterocycles. The quantitative estimate of drug-likeness (QED) is 0.262. The molecular formula is C15H16N3O3S. The van der Waals surface area contributed by atoms with Crippen molar-refractivity contribution in [1.82, 2.24) is 5.43 Å². The van der Waals surface area contributed by atoms with Crippen LogP contribution in [0.15, 0.2) is 29.9 Å². The van der Waals surface area contributed by atoms with E-state index < -0.39 is 12.1 Å². The highest BCUT2D eigenvalue weighted by Gasteiger charge is 2.15. The lowest BCUT2D eigenvalue weighted by molar-refractivity contribution is -0.145. The Hall–Kier alpha value is -2.54. The summed E-state index contributed by atoms with van der Waals surface area (Å²) in [6, 6.07) is 4.95. The third-order valence-electron chi connectivity index (χ3n) is 2.63. The molecule has 1 atom stereocenters. The molecule has 1 aromatic rings. The first-order valence-electron chi connectivity index (χ1n) is 6.30. The zero-order chi connectivity index (χ0) is 16.5. The maximum absolute atomic E-state index is 11.5. The number of nitrogens with two attached hydrogens (primary N) is 1. The predicted molar refractivity (Wildman–Crippen MR) is 89.1 cm³/mol. The Morgan fingerprint density at radius 1 is 1.50 bits per heavy atom. The van der Waals surface area contributed by atoms with E-state index in [1.807, 2.05) is 0 Å². The number of carbonyl (C=O) groups excluding carboxylic acids is 2. The molecule has 3 N–H and O–H groups in total. The van der Waals surface area contributed by atoms with Crippen molar-refractivity contribution in [3.63, 3.8) is 0 Å². The molecular weight excluding hydrogens is 302 g/mol. The number of carbonyl (C=O) groups is 2. The Labute approximate surface area is 134 Å². The first-order valence-corrected chi connectivity index (χ1v) is 6.71. The van der Waals surface area contributed by atoms with E-state index in [-0.39, 0.29) is 11.5 Å². The highest BCUT2D eigenvalue weighted by molar-refractivity contribution is 7.80. The lowest BCUT2D eigenvalue weighted by atomic mass is 10.0. The number of hydrazone groups is 1. The van der Waals surface area contributed by atoms with Gasteiger partial charge in [-0.15, -0.1) is 0 Å². The summed E-state index contributed by atoms with van der Waals surface area (Å²) in [6.45, 7) is 7.11. The number of rotatable bonds is 7. The van der Waals surface area contributed by atoms with E-state index in [9.17, 15) is 9.59 Å². The molecule has 0 bridgehead atoms. The first-order chi connectivity index (χ1) is 10.5. The van der Waals surface area contributed by atoms with Gasteiger partial charge in [0.15, 0.2) is 17.5 Å². The number of nitrogens with zero attached hydrogens (tertiary/aromatic N) is 1. The van der Waals surface area contributed by atoms with Gasteiger partial charge < -0.3 is 10.5 Å². The van der Waals surface area contributed by atoms with Crippen LogP contribution in [0.5, 0.6) is 0 Å². The molecule has 7 heteroatoms. The minimum Gasteiger partial charge on any atom is -0.451 e. The standard InChI is InChI=1S/C15H16N3O3S/c1-3-10-7-11(5-6-12(10)9-19)13(21-14(20)4-2)8-17-18-15(16)22/h3,5-9,13H,1-2,4H2,(H3,16,18,22). The summed E-state index contributed by atoms with van der Waals surface area (Å²) in [5.41, 5.74) is 9.38. The molecule has 1 radical (unpaired) electrons. The van der Waals surface area contributed by atoms with E-state index in [1.165, 1.54) is 12.3 Å². The molecule has 115 valence electrons. The Kier molecular flexibility index (Phi) is 6.91. The second-order valence-corrected chi connectivity index (χ2v) is 4.56. The lowest BCUT2D eigenvalue weighted by Crippen LogP contribution is -2.25. The van der Waals surface area contributed by atoms with Gasteiger partial charge in [-0.2, -0.15) is 5.10 Å². The molecule has 22 heavy (non-hydrogen) atoms. The molecule has 0 aliphatic rings. The first kappa shape index (κ1) is 17.5. The smallest absolute Gasteiger partial charge is 0.306 e. The molecule has 0 aliphatic carbocycles. The molecule has 0 spiro atoms. The Balaban J connectivity index is 3.11. The largest absolute Gasteiger partial charge is 0.451 e. The van der Waals surface area contributed by atoms with Gasteiger partial charge in [0.2, 0.25) is 0 Å². The highest BCUT2D eigenvalue weighted by Crippen LogP contribution is 2.20. The summed E-state index contributed by atoms with van der Waals surface area (Å²) in [5, 5.41) is 3.79. The Morgan fingerprint density at radius 3 is 2.77 bits per heavy atom. The summed E-state index contributed by atoms with van der Waals surface area (Å²) < 4.78 is 5.24. The molecule has 0 amide bonds. The SMILES string of the molecule is [CH2]CC(=O)OC(C=NNC(N)=S)c1ccc(C=O)c(C=C)c1. The fraction of sp³-hybridized carbons (Fsp3) is 0.133. The number of aldehydes is 1. The van der Waals surface area contributed by atoms with E-state index in [0.29, 0.717) is 16.7 Å². The molecule has 0 aromatic heterocycles. The summed E-state index contributed by atoms with van der Waals surface area (Å²) in [7, 11) is 0. The second-order valence-electron chi connectivity index (χ2n) is 4.13. The van der Waals surface area contributed by atoms with E-state index in [0.717, 1.165) is 6.29 Å². The summed E-state index contributed by atoms with van der Waals surface area (Å²) in [5.74, 6) is -0.494. The molecule has 0 saturated heterocycles. The summed E-state index contributed by atoms with van der Waals surface area (Å²) in [6.07, 6.45) is 2.82. The van der Waals surface area contributed by atoms with E-state index in [4.69, 9.17) is 10.5 Å². The van der Waals surface area contributed by atoms with Crippen LogP contribution in [0, 0.1) is 6.92 Å². The van der Waals surface area contributed by atoms with Crippen molar-refractivity contribution < 1.29 is 14.3 Å². The van der Waals surface area contributed by atoms with Gasteiger partial charge >= 0.3 is 5.97 Å². The van der Waals surface area contributed by atoms with Crippen LogP contribution in [0.3, 0.4) is 0 Å². The van der Waals surface area contributed by atoms with Gasteiger partial charge in [-0.1, -0.05) is 24.8 Å². The highest BCUT2D eigenvalue weighted by atomic mass is 32.1. The minimum atomic E-state index is -0.768. The Morgan fingerprint density at radius 2 is 2.23 bits per heavy atom. The third-order valence-corrected chi connectivity index (χ3v) is 2.72. The fourth-order valence-electron chi connectivity index (χ4n) is 1.61. The number of hydrogen-bond acceptors (Lipinski definition) is 5. The van der Waals surface area contributed by atoms with Gasteiger partial charge in [-0.3, -0.25) is 15.0 Å². The molecule has 6 nitrogen and oxygen atoms in total. The van der Waals surface area contributed by atoms with Crippen LogP contribution in [-0.2, 0) is 9.53 Å². The molecule has 0 heterocycles. The van der Waals surface area contributed by atoms with Gasteiger partial charge in [0.25, 0.3) is 0 Å². The minimum absolute atomic E-state index is 0.0124. The van der Waals surface area contributed by atoms with E-state index in [1.54, 1.807) is 18.2 Å². The number of benzene rings is 1. The molecule has 1 rings (SSSR count). The van der Waals surface area contributed by atoms with Crippen LogP contribution in [0.1, 0.15) is 34.0 Å². The average molecular weight is 318 g/mol. The third kappa shape index (κ3) is 5.10. The zero-order valence-corrected chi connectivity index (χ0v) is 12.6. The maximum atomic E-state index is 11.5. The number of nitrogens with one attached hydrogen (secondary N) is 1. The summed E-state index contributed by atoms with van der Waals surface area (Å²) in [4.78, 5) is 22.4.